The van der Waals surface area contributed by atoms with Gasteiger partial charge in [0.15, 0.2) is 11.5 Å². The minimum atomic E-state index is -0.376. The quantitative estimate of drug-likeness (QED) is 0.478. The molecular formula is C19H18N2O4. The highest BCUT2D eigenvalue weighted by Gasteiger charge is 2.10. The minimum absolute atomic E-state index is 0.156. The summed E-state index contributed by atoms with van der Waals surface area (Å²) in [5.41, 5.74) is 3.55. The van der Waals surface area contributed by atoms with Gasteiger partial charge in [-0.3, -0.25) is 4.79 Å². The number of hydrazone groups is 1. The van der Waals surface area contributed by atoms with Crippen molar-refractivity contribution in [3.05, 3.63) is 53.6 Å². The smallest absolute Gasteiger partial charge is 0.271 e. The van der Waals surface area contributed by atoms with Gasteiger partial charge in [-0.2, -0.15) is 5.10 Å². The number of terminal acetylenes is 1. The van der Waals surface area contributed by atoms with Gasteiger partial charge in [0.1, 0.15) is 12.4 Å². The molecule has 1 N–H and O–H groups in total. The Kier molecular flexibility index (Phi) is 6.43. The molecule has 6 heteroatoms. The van der Waals surface area contributed by atoms with Gasteiger partial charge in [-0.25, -0.2) is 5.43 Å². The molecule has 0 saturated carbocycles. The lowest BCUT2D eigenvalue weighted by molar-refractivity contribution is 0.0954. The summed E-state index contributed by atoms with van der Waals surface area (Å²) in [6.07, 6.45) is 6.68. The third-order valence-corrected chi connectivity index (χ3v) is 3.25. The average Bonchev–Trinajstić information content (AvgIpc) is 2.66. The molecule has 6 nitrogen and oxygen atoms in total. The zero-order valence-corrected chi connectivity index (χ0v) is 14.0. The van der Waals surface area contributed by atoms with Crippen molar-refractivity contribution in [2.75, 3.05) is 20.8 Å². The number of nitrogens with one attached hydrogen (secondary N) is 1. The first kappa shape index (κ1) is 17.9. The van der Waals surface area contributed by atoms with Crippen molar-refractivity contribution in [1.82, 2.24) is 5.43 Å². The average molecular weight is 338 g/mol. The Bertz CT molecular complexity index is 809. The summed E-state index contributed by atoms with van der Waals surface area (Å²) in [6, 6.07) is 12.1. The molecule has 0 aliphatic rings. The van der Waals surface area contributed by atoms with E-state index in [2.05, 4.69) is 16.4 Å². The molecule has 2 rings (SSSR count). The molecule has 0 aliphatic carbocycles. The Morgan fingerprint density at radius 3 is 2.64 bits per heavy atom. The molecule has 0 heterocycles. The van der Waals surface area contributed by atoms with Crippen molar-refractivity contribution < 1.29 is 19.0 Å². The lowest BCUT2D eigenvalue weighted by Gasteiger charge is -2.08. The maximum Gasteiger partial charge on any atom is 0.271 e. The second-order valence-electron chi connectivity index (χ2n) is 4.80. The molecule has 0 fully saturated rings. The van der Waals surface area contributed by atoms with Gasteiger partial charge >= 0.3 is 0 Å². The van der Waals surface area contributed by atoms with Crippen LogP contribution in [0.5, 0.6) is 17.2 Å². The Balaban J connectivity index is 2.07. The van der Waals surface area contributed by atoms with Gasteiger partial charge in [0.05, 0.1) is 20.4 Å². The van der Waals surface area contributed by atoms with Gasteiger partial charge < -0.3 is 14.2 Å². The van der Waals surface area contributed by atoms with E-state index < -0.39 is 0 Å². The van der Waals surface area contributed by atoms with Crippen LogP contribution in [-0.2, 0) is 0 Å². The van der Waals surface area contributed by atoms with Gasteiger partial charge in [0, 0.05) is 11.1 Å². The number of hydrogen-bond donors (Lipinski definition) is 1. The summed E-state index contributed by atoms with van der Waals surface area (Å²) in [4.78, 5) is 12.2. The number of para-hydroxylation sites is 1. The summed E-state index contributed by atoms with van der Waals surface area (Å²) in [7, 11) is 3.03. The number of amides is 1. The Morgan fingerprint density at radius 1 is 1.16 bits per heavy atom. The molecule has 0 aliphatic heterocycles. The molecule has 0 unspecified atom stereocenters. The van der Waals surface area contributed by atoms with Gasteiger partial charge in [-0.15, -0.1) is 6.42 Å². The highest BCUT2D eigenvalue weighted by molar-refractivity contribution is 5.95. The summed E-state index contributed by atoms with van der Waals surface area (Å²) in [6.45, 7) is 0.156. The lowest BCUT2D eigenvalue weighted by atomic mass is 10.2. The monoisotopic (exact) mass is 338 g/mol. The fraction of sp³-hybridized carbons (Fsp3) is 0.158. The Hall–Kier alpha value is -3.46. The van der Waals surface area contributed by atoms with Crippen molar-refractivity contribution >= 4 is 12.1 Å². The zero-order chi connectivity index (χ0) is 18.1. The van der Waals surface area contributed by atoms with Crippen LogP contribution in [0.1, 0.15) is 15.9 Å². The molecular weight excluding hydrogens is 320 g/mol. The number of carbonyl (C=O) groups excluding carboxylic acids is 1. The molecule has 0 radical (unpaired) electrons. The summed E-state index contributed by atoms with van der Waals surface area (Å²) < 4.78 is 15.7. The van der Waals surface area contributed by atoms with E-state index >= 15 is 0 Å². The molecule has 0 aromatic heterocycles. The number of hydrogen-bond acceptors (Lipinski definition) is 5. The number of benzene rings is 2. The molecule has 2 aromatic carbocycles. The van der Waals surface area contributed by atoms with E-state index in [-0.39, 0.29) is 12.5 Å². The van der Waals surface area contributed by atoms with Crippen LogP contribution in [0.4, 0.5) is 0 Å². The highest BCUT2D eigenvalue weighted by atomic mass is 16.5. The number of methoxy groups -OCH3 is 2. The third-order valence-electron chi connectivity index (χ3n) is 3.25. The van der Waals surface area contributed by atoms with E-state index in [4.69, 9.17) is 20.6 Å². The van der Waals surface area contributed by atoms with Crippen LogP contribution >= 0.6 is 0 Å². The van der Waals surface area contributed by atoms with Crippen LogP contribution in [0.15, 0.2) is 47.6 Å². The van der Waals surface area contributed by atoms with Crippen molar-refractivity contribution in [3.63, 3.8) is 0 Å². The second kappa shape index (κ2) is 8.99. The van der Waals surface area contributed by atoms with Crippen LogP contribution in [-0.4, -0.2) is 32.9 Å². The predicted molar refractivity (Wildman–Crippen MR) is 95.4 cm³/mol. The molecule has 25 heavy (non-hydrogen) atoms. The normalized spacial score (nSPS) is 10.1. The maximum absolute atomic E-state index is 12.2. The standard InChI is InChI=1S/C19H18N2O4/c1-4-11-25-16-8-6-5-7-15(16)13-20-21-19(22)14-9-10-17(23-2)18(12-14)24-3/h1,5-10,12-13H,11H2,2-3H3,(H,21,22). The molecule has 0 atom stereocenters. The number of carbonyl (C=O) groups is 1. The van der Waals surface area contributed by atoms with Crippen molar-refractivity contribution in [3.8, 4) is 29.6 Å². The van der Waals surface area contributed by atoms with Gasteiger partial charge in [-0.05, 0) is 30.3 Å². The predicted octanol–water partition coefficient (Wildman–Crippen LogP) is 2.48. The van der Waals surface area contributed by atoms with Crippen LogP contribution < -0.4 is 19.6 Å². The lowest BCUT2D eigenvalue weighted by Crippen LogP contribution is -2.17. The summed E-state index contributed by atoms with van der Waals surface area (Å²) in [5, 5.41) is 3.96. The van der Waals surface area contributed by atoms with E-state index in [9.17, 15) is 4.79 Å². The third kappa shape index (κ3) is 4.75. The Labute approximate surface area is 146 Å². The summed E-state index contributed by atoms with van der Waals surface area (Å²) in [5.74, 6) is 3.62. The molecule has 0 saturated heterocycles. The van der Waals surface area contributed by atoms with Gasteiger partial charge in [0.25, 0.3) is 5.91 Å². The topological polar surface area (TPSA) is 69.2 Å². The molecule has 1 amide bonds. The van der Waals surface area contributed by atoms with Gasteiger partial charge in [-0.1, -0.05) is 18.1 Å². The largest absolute Gasteiger partial charge is 0.493 e. The number of rotatable bonds is 7. The van der Waals surface area contributed by atoms with E-state index in [1.54, 1.807) is 30.3 Å². The van der Waals surface area contributed by atoms with Gasteiger partial charge in [0.2, 0.25) is 0 Å². The number of ether oxygens (including phenoxy) is 3. The zero-order valence-electron chi connectivity index (χ0n) is 14.0. The van der Waals surface area contributed by atoms with Crippen molar-refractivity contribution in [1.29, 1.82) is 0 Å². The minimum Gasteiger partial charge on any atom is -0.493 e. The molecule has 2 aromatic rings. The maximum atomic E-state index is 12.2. The SMILES string of the molecule is C#CCOc1ccccc1C=NNC(=O)c1ccc(OC)c(OC)c1. The second-order valence-corrected chi connectivity index (χ2v) is 4.80. The van der Waals surface area contributed by atoms with Crippen LogP contribution in [0.2, 0.25) is 0 Å². The molecule has 128 valence electrons. The first-order valence-electron chi connectivity index (χ1n) is 7.40. The first-order valence-corrected chi connectivity index (χ1v) is 7.40. The Morgan fingerprint density at radius 2 is 1.92 bits per heavy atom. The van der Waals surface area contributed by atoms with E-state index in [0.29, 0.717) is 28.4 Å². The molecule has 0 bridgehead atoms. The van der Waals surface area contributed by atoms with E-state index in [1.165, 1.54) is 20.4 Å². The first-order chi connectivity index (χ1) is 12.2. The number of nitrogens with zero attached hydrogens (tertiary/aromatic N) is 1. The van der Waals surface area contributed by atoms with Crippen LogP contribution in [0.25, 0.3) is 0 Å². The summed E-state index contributed by atoms with van der Waals surface area (Å²) >= 11 is 0. The van der Waals surface area contributed by atoms with Crippen LogP contribution in [0, 0.1) is 12.3 Å². The van der Waals surface area contributed by atoms with Crippen molar-refractivity contribution in [2.24, 2.45) is 5.10 Å². The fourth-order valence-corrected chi connectivity index (χ4v) is 2.04. The highest BCUT2D eigenvalue weighted by Crippen LogP contribution is 2.27. The van der Waals surface area contributed by atoms with Crippen molar-refractivity contribution in [2.45, 2.75) is 0 Å². The fourth-order valence-electron chi connectivity index (χ4n) is 2.04. The van der Waals surface area contributed by atoms with E-state index in [1.807, 2.05) is 12.1 Å². The van der Waals surface area contributed by atoms with E-state index in [0.717, 1.165) is 0 Å². The van der Waals surface area contributed by atoms with Crippen LogP contribution in [0.3, 0.4) is 0 Å². The molecule has 0 spiro atoms.